The zero-order valence-corrected chi connectivity index (χ0v) is 6.52. The van der Waals surface area contributed by atoms with Gasteiger partial charge in [0.1, 0.15) is 6.04 Å². The summed E-state index contributed by atoms with van der Waals surface area (Å²) in [7, 11) is 0. The van der Waals surface area contributed by atoms with Crippen LogP contribution in [0.25, 0.3) is 0 Å². The zero-order valence-electron chi connectivity index (χ0n) is 6.52. The van der Waals surface area contributed by atoms with Crippen LogP contribution in [-0.4, -0.2) is 24.3 Å². The number of alkyl halides is 4. The van der Waals surface area contributed by atoms with Crippen molar-refractivity contribution < 1.29 is 22.4 Å². The van der Waals surface area contributed by atoms with Crippen molar-refractivity contribution in [1.82, 2.24) is 5.32 Å². The Bertz CT molecular complexity index is 235. The average Bonchev–Trinajstić information content (AvgIpc) is 2.03. The maximum Gasteiger partial charge on any atom is 0.383 e. The SMILES string of the molecule is C[C@H](C#N)NC(=O)C(F)(F)C(F)F. The van der Waals surface area contributed by atoms with Crippen molar-refractivity contribution in [3.05, 3.63) is 0 Å². The number of hydrogen-bond acceptors (Lipinski definition) is 2. The Morgan fingerprint density at radius 3 is 2.31 bits per heavy atom. The number of rotatable bonds is 3. The van der Waals surface area contributed by atoms with E-state index in [9.17, 15) is 22.4 Å². The van der Waals surface area contributed by atoms with Gasteiger partial charge in [-0.2, -0.15) is 14.0 Å². The van der Waals surface area contributed by atoms with Gasteiger partial charge in [-0.1, -0.05) is 0 Å². The maximum absolute atomic E-state index is 12.2. The summed E-state index contributed by atoms with van der Waals surface area (Å²) in [6, 6.07) is 0.172. The maximum atomic E-state index is 12.2. The first-order chi connectivity index (χ1) is 5.82. The fraction of sp³-hybridized carbons (Fsp3) is 0.667. The minimum Gasteiger partial charge on any atom is -0.335 e. The van der Waals surface area contributed by atoms with Gasteiger partial charge in [-0.3, -0.25) is 4.79 Å². The predicted molar refractivity (Wildman–Crippen MR) is 34.2 cm³/mol. The molecule has 1 N–H and O–H groups in total. The van der Waals surface area contributed by atoms with E-state index in [0.29, 0.717) is 0 Å². The quantitative estimate of drug-likeness (QED) is 0.685. The molecule has 0 rings (SSSR count). The lowest BCUT2D eigenvalue weighted by Crippen LogP contribution is -2.47. The van der Waals surface area contributed by atoms with Crippen LogP contribution in [0.5, 0.6) is 0 Å². The molecule has 0 aliphatic rings. The molecule has 0 fully saturated rings. The highest BCUT2D eigenvalue weighted by Gasteiger charge is 2.49. The van der Waals surface area contributed by atoms with Gasteiger partial charge >= 0.3 is 12.3 Å². The molecule has 0 spiro atoms. The number of nitriles is 1. The molecule has 0 bridgehead atoms. The van der Waals surface area contributed by atoms with Gasteiger partial charge in [0.25, 0.3) is 5.91 Å². The Balaban J connectivity index is 4.36. The van der Waals surface area contributed by atoms with Crippen LogP contribution in [0.4, 0.5) is 17.6 Å². The van der Waals surface area contributed by atoms with E-state index in [1.165, 1.54) is 11.4 Å². The number of carbonyl (C=O) groups is 1. The summed E-state index contributed by atoms with van der Waals surface area (Å²) in [5, 5.41) is 9.51. The largest absolute Gasteiger partial charge is 0.383 e. The van der Waals surface area contributed by atoms with E-state index < -0.39 is 24.3 Å². The topological polar surface area (TPSA) is 52.9 Å². The second kappa shape index (κ2) is 4.07. The van der Waals surface area contributed by atoms with E-state index >= 15 is 0 Å². The molecular formula is C6H6F4N2O. The molecule has 1 amide bonds. The van der Waals surface area contributed by atoms with Crippen LogP contribution in [0.3, 0.4) is 0 Å². The Kier molecular flexibility index (Phi) is 3.66. The van der Waals surface area contributed by atoms with Gasteiger partial charge in [-0.05, 0) is 6.92 Å². The first-order valence-electron chi connectivity index (χ1n) is 3.19. The highest BCUT2D eigenvalue weighted by Crippen LogP contribution is 2.22. The summed E-state index contributed by atoms with van der Waals surface area (Å²) in [5.41, 5.74) is 0. The molecule has 0 saturated carbocycles. The summed E-state index contributed by atoms with van der Waals surface area (Å²) in [5.74, 6) is -6.89. The van der Waals surface area contributed by atoms with E-state index in [-0.39, 0.29) is 0 Å². The zero-order chi connectivity index (χ0) is 10.6. The van der Waals surface area contributed by atoms with Crippen molar-refractivity contribution in [3.63, 3.8) is 0 Å². The van der Waals surface area contributed by atoms with E-state index in [1.54, 1.807) is 0 Å². The van der Waals surface area contributed by atoms with Crippen molar-refractivity contribution in [2.75, 3.05) is 0 Å². The first-order valence-corrected chi connectivity index (χ1v) is 3.19. The number of hydrogen-bond donors (Lipinski definition) is 1. The Morgan fingerprint density at radius 2 is 2.00 bits per heavy atom. The molecule has 7 heteroatoms. The van der Waals surface area contributed by atoms with Crippen molar-refractivity contribution in [2.45, 2.75) is 25.3 Å². The van der Waals surface area contributed by atoms with Crippen LogP contribution in [0, 0.1) is 11.3 Å². The molecule has 3 nitrogen and oxygen atoms in total. The Hall–Kier alpha value is -1.32. The van der Waals surface area contributed by atoms with Crippen molar-refractivity contribution in [2.24, 2.45) is 0 Å². The monoisotopic (exact) mass is 198 g/mol. The first kappa shape index (κ1) is 11.7. The molecule has 0 saturated heterocycles. The van der Waals surface area contributed by atoms with Gasteiger partial charge in [0, 0.05) is 0 Å². The summed E-state index contributed by atoms with van der Waals surface area (Å²) < 4.78 is 47.4. The van der Waals surface area contributed by atoms with Crippen molar-refractivity contribution in [1.29, 1.82) is 5.26 Å². The normalized spacial score (nSPS) is 13.6. The van der Waals surface area contributed by atoms with Crippen molar-refractivity contribution >= 4 is 5.91 Å². The summed E-state index contributed by atoms with van der Waals surface area (Å²) in [4.78, 5) is 10.4. The molecule has 0 aromatic carbocycles. The third kappa shape index (κ3) is 2.89. The Morgan fingerprint density at radius 1 is 1.54 bits per heavy atom. The predicted octanol–water partition coefficient (Wildman–Crippen LogP) is 0.915. The van der Waals surface area contributed by atoms with E-state index in [4.69, 9.17) is 5.26 Å². The molecule has 1 atom stereocenters. The van der Waals surface area contributed by atoms with Gasteiger partial charge in [0.05, 0.1) is 6.07 Å². The third-order valence-corrected chi connectivity index (χ3v) is 1.12. The van der Waals surface area contributed by atoms with Crippen LogP contribution >= 0.6 is 0 Å². The Labute approximate surface area is 71.3 Å². The van der Waals surface area contributed by atoms with Gasteiger partial charge in [-0.25, -0.2) is 8.78 Å². The molecule has 0 heterocycles. The van der Waals surface area contributed by atoms with Crippen LogP contribution < -0.4 is 5.32 Å². The van der Waals surface area contributed by atoms with Crippen LogP contribution in [0.15, 0.2) is 0 Å². The van der Waals surface area contributed by atoms with Crippen LogP contribution in [-0.2, 0) is 4.79 Å². The average molecular weight is 198 g/mol. The molecule has 0 aromatic rings. The lowest BCUT2D eigenvalue weighted by molar-refractivity contribution is -0.169. The van der Waals surface area contributed by atoms with Crippen molar-refractivity contribution in [3.8, 4) is 6.07 Å². The number of halogens is 4. The molecule has 0 aliphatic carbocycles. The summed E-state index contributed by atoms with van der Waals surface area (Å²) in [6.07, 6.45) is -4.07. The standard InChI is InChI=1S/C6H6F4N2O/c1-3(2-11)12-5(13)6(9,10)4(7)8/h3-4H,1H3,(H,12,13)/t3-/m1/s1. The molecular weight excluding hydrogens is 192 g/mol. The third-order valence-electron chi connectivity index (χ3n) is 1.12. The number of nitrogens with one attached hydrogen (secondary N) is 1. The number of amides is 1. The fourth-order valence-electron chi connectivity index (χ4n) is 0.424. The molecule has 0 aliphatic heterocycles. The molecule has 74 valence electrons. The van der Waals surface area contributed by atoms with Gasteiger partial charge in [-0.15, -0.1) is 0 Å². The number of carbonyl (C=O) groups excluding carboxylic acids is 1. The summed E-state index contributed by atoms with van der Waals surface area (Å²) in [6.45, 7) is 1.10. The fourth-order valence-corrected chi connectivity index (χ4v) is 0.424. The molecule has 0 unspecified atom stereocenters. The highest BCUT2D eigenvalue weighted by atomic mass is 19.3. The minimum atomic E-state index is -4.74. The number of nitrogens with zero attached hydrogens (tertiary/aromatic N) is 1. The molecule has 13 heavy (non-hydrogen) atoms. The molecule has 0 radical (unpaired) electrons. The van der Waals surface area contributed by atoms with Gasteiger partial charge < -0.3 is 5.32 Å². The van der Waals surface area contributed by atoms with Crippen LogP contribution in [0.2, 0.25) is 0 Å². The van der Waals surface area contributed by atoms with E-state index in [1.807, 2.05) is 0 Å². The van der Waals surface area contributed by atoms with E-state index in [2.05, 4.69) is 0 Å². The molecule has 0 aromatic heterocycles. The summed E-state index contributed by atoms with van der Waals surface area (Å²) >= 11 is 0. The lowest BCUT2D eigenvalue weighted by Gasteiger charge is -2.15. The second-order valence-electron chi connectivity index (χ2n) is 2.25. The highest BCUT2D eigenvalue weighted by molar-refractivity contribution is 5.84. The van der Waals surface area contributed by atoms with E-state index in [0.717, 1.165) is 6.92 Å². The lowest BCUT2D eigenvalue weighted by atomic mass is 10.3. The minimum absolute atomic E-state index is 1.10. The van der Waals surface area contributed by atoms with Gasteiger partial charge in [0.15, 0.2) is 0 Å². The van der Waals surface area contributed by atoms with Crippen LogP contribution in [0.1, 0.15) is 6.92 Å². The second-order valence-corrected chi connectivity index (χ2v) is 2.25. The van der Waals surface area contributed by atoms with Gasteiger partial charge in [0.2, 0.25) is 0 Å². The smallest absolute Gasteiger partial charge is 0.335 e.